The van der Waals surface area contributed by atoms with Crippen LogP contribution < -0.4 is 0 Å². The Morgan fingerprint density at radius 3 is 2.59 bits per heavy atom. The molecule has 0 aliphatic carbocycles. The van der Waals surface area contributed by atoms with E-state index < -0.39 is 53.3 Å². The zero-order valence-corrected chi connectivity index (χ0v) is 17.1. The second kappa shape index (κ2) is 6.67. The lowest BCUT2D eigenvalue weighted by molar-refractivity contribution is -0.159. The second-order valence-electron chi connectivity index (χ2n) is 8.61. The van der Waals surface area contributed by atoms with E-state index in [-0.39, 0.29) is 11.7 Å². The van der Waals surface area contributed by atoms with Gasteiger partial charge in [-0.25, -0.2) is 14.4 Å². The maximum atomic E-state index is 12.7. The van der Waals surface area contributed by atoms with Crippen molar-refractivity contribution in [3.8, 4) is 0 Å². The van der Waals surface area contributed by atoms with Crippen molar-refractivity contribution in [1.29, 1.82) is 0 Å². The van der Waals surface area contributed by atoms with Crippen molar-refractivity contribution in [3.05, 3.63) is 23.8 Å². The minimum atomic E-state index is -0.989. The zero-order valence-electron chi connectivity index (χ0n) is 17.1. The molecule has 0 aromatic rings. The van der Waals surface area contributed by atoms with Crippen LogP contribution in [-0.4, -0.2) is 60.6 Å². The van der Waals surface area contributed by atoms with Crippen LogP contribution in [0.25, 0.3) is 0 Å². The molecule has 3 saturated heterocycles. The molecule has 8 heteroatoms. The monoisotopic (exact) mass is 406 g/mol. The molecule has 0 unspecified atom stereocenters. The van der Waals surface area contributed by atoms with Crippen LogP contribution in [0.5, 0.6) is 0 Å². The molecule has 158 valence electrons. The minimum absolute atomic E-state index is 0.213. The number of carbonyl (C=O) groups is 3. The molecule has 4 heterocycles. The van der Waals surface area contributed by atoms with E-state index in [1.54, 1.807) is 19.9 Å². The summed E-state index contributed by atoms with van der Waals surface area (Å²) in [4.78, 5) is 37.5. The van der Waals surface area contributed by atoms with Gasteiger partial charge in [0.15, 0.2) is 5.60 Å². The van der Waals surface area contributed by atoms with Gasteiger partial charge >= 0.3 is 17.9 Å². The van der Waals surface area contributed by atoms with Crippen LogP contribution in [0, 0.1) is 5.92 Å². The molecule has 2 bridgehead atoms. The number of rotatable bonds is 3. The quantitative estimate of drug-likeness (QED) is 0.302. The van der Waals surface area contributed by atoms with Crippen LogP contribution >= 0.6 is 0 Å². The summed E-state index contributed by atoms with van der Waals surface area (Å²) in [6, 6.07) is 0. The van der Waals surface area contributed by atoms with E-state index in [9.17, 15) is 14.4 Å². The zero-order chi connectivity index (χ0) is 21.1. The summed E-state index contributed by atoms with van der Waals surface area (Å²) in [6.45, 7) is 9.27. The van der Waals surface area contributed by atoms with Crippen molar-refractivity contribution in [3.63, 3.8) is 0 Å². The lowest BCUT2D eigenvalue weighted by atomic mass is 9.81. The Hall–Kier alpha value is -2.19. The van der Waals surface area contributed by atoms with Gasteiger partial charge in [-0.2, -0.15) is 0 Å². The maximum absolute atomic E-state index is 12.7. The summed E-state index contributed by atoms with van der Waals surface area (Å²) in [7, 11) is 1.29. The van der Waals surface area contributed by atoms with Gasteiger partial charge in [0.05, 0.1) is 30.3 Å². The first-order valence-corrected chi connectivity index (χ1v) is 9.84. The molecule has 0 aromatic heterocycles. The molecular weight excluding hydrogens is 380 g/mol. The normalized spacial score (nSPS) is 43.3. The maximum Gasteiger partial charge on any atom is 0.341 e. The SMILES string of the molecule is C=C1C(=O)O[C@H]2[C@H]1[C@H](OC(=O)[C@@]1(C)O[C@@H]1C)C[C@]1(C)CCC=C(C(=O)OC)[C@H]2O1. The Balaban J connectivity index is 1.71. The number of hydrogen-bond acceptors (Lipinski definition) is 8. The summed E-state index contributed by atoms with van der Waals surface area (Å²) in [6.07, 6.45) is 0.752. The topological polar surface area (TPSA) is 101 Å². The molecule has 4 aliphatic heterocycles. The first-order valence-electron chi connectivity index (χ1n) is 9.84. The molecule has 0 N–H and O–H groups in total. The van der Waals surface area contributed by atoms with Gasteiger partial charge in [0.2, 0.25) is 0 Å². The van der Waals surface area contributed by atoms with Gasteiger partial charge in [-0.05, 0) is 33.6 Å². The Morgan fingerprint density at radius 2 is 1.97 bits per heavy atom. The highest BCUT2D eigenvalue weighted by atomic mass is 16.7. The molecule has 0 radical (unpaired) electrons. The number of hydrogen-bond donors (Lipinski definition) is 0. The molecule has 4 rings (SSSR count). The van der Waals surface area contributed by atoms with E-state index >= 15 is 0 Å². The highest BCUT2D eigenvalue weighted by Crippen LogP contribution is 2.47. The highest BCUT2D eigenvalue weighted by Gasteiger charge is 2.61. The van der Waals surface area contributed by atoms with Gasteiger partial charge in [0.25, 0.3) is 0 Å². The average molecular weight is 406 g/mol. The van der Waals surface area contributed by atoms with Crippen LogP contribution in [0.15, 0.2) is 23.8 Å². The third kappa shape index (κ3) is 3.18. The van der Waals surface area contributed by atoms with Crippen molar-refractivity contribution in [2.75, 3.05) is 7.11 Å². The molecule has 0 spiro atoms. The van der Waals surface area contributed by atoms with E-state index in [2.05, 4.69) is 6.58 Å². The van der Waals surface area contributed by atoms with E-state index in [0.717, 1.165) is 0 Å². The van der Waals surface area contributed by atoms with E-state index in [4.69, 9.17) is 23.7 Å². The third-order valence-corrected chi connectivity index (χ3v) is 6.57. The number of ether oxygens (including phenoxy) is 5. The number of epoxide rings is 1. The van der Waals surface area contributed by atoms with Crippen molar-refractivity contribution in [2.45, 2.75) is 75.7 Å². The van der Waals surface area contributed by atoms with Gasteiger partial charge < -0.3 is 23.7 Å². The Bertz CT molecular complexity index is 815. The Labute approximate surface area is 169 Å². The van der Waals surface area contributed by atoms with E-state index in [1.807, 2.05) is 6.92 Å². The predicted molar refractivity (Wildman–Crippen MR) is 98.6 cm³/mol. The summed E-state index contributed by atoms with van der Waals surface area (Å²) in [5, 5.41) is 0. The molecule has 0 aromatic carbocycles. The number of allylic oxidation sites excluding steroid dienone is 1. The number of methoxy groups -OCH3 is 1. The van der Waals surface area contributed by atoms with Gasteiger partial charge in [-0.15, -0.1) is 0 Å². The smallest absolute Gasteiger partial charge is 0.341 e. The molecular formula is C21H26O8. The van der Waals surface area contributed by atoms with Crippen LogP contribution in [0.1, 0.15) is 40.0 Å². The Kier molecular flexibility index (Phi) is 4.62. The van der Waals surface area contributed by atoms with Crippen LogP contribution in [0.3, 0.4) is 0 Å². The number of esters is 3. The van der Waals surface area contributed by atoms with E-state index in [0.29, 0.717) is 24.8 Å². The molecule has 7 atom stereocenters. The van der Waals surface area contributed by atoms with Gasteiger partial charge in [0.1, 0.15) is 18.3 Å². The fourth-order valence-corrected chi connectivity index (χ4v) is 4.55. The highest BCUT2D eigenvalue weighted by molar-refractivity contribution is 5.93. The van der Waals surface area contributed by atoms with Crippen LogP contribution in [-0.2, 0) is 38.1 Å². The molecule has 4 aliphatic rings. The van der Waals surface area contributed by atoms with E-state index in [1.165, 1.54) is 7.11 Å². The van der Waals surface area contributed by atoms with Gasteiger partial charge in [-0.1, -0.05) is 12.7 Å². The molecule has 29 heavy (non-hydrogen) atoms. The Morgan fingerprint density at radius 1 is 1.28 bits per heavy atom. The van der Waals surface area contributed by atoms with Crippen LogP contribution in [0.4, 0.5) is 0 Å². The van der Waals surface area contributed by atoms with Crippen LogP contribution in [0.2, 0.25) is 0 Å². The first kappa shape index (κ1) is 20.1. The molecule has 8 nitrogen and oxygen atoms in total. The molecule has 0 amide bonds. The predicted octanol–water partition coefficient (Wildman–Crippen LogP) is 1.61. The van der Waals surface area contributed by atoms with Gasteiger partial charge in [-0.3, -0.25) is 0 Å². The molecule has 3 fully saturated rings. The second-order valence-corrected chi connectivity index (χ2v) is 8.61. The summed E-state index contributed by atoms with van der Waals surface area (Å²) in [5.74, 6) is -2.22. The average Bonchev–Trinajstić information content (AvgIpc) is 3.26. The summed E-state index contributed by atoms with van der Waals surface area (Å²) < 4.78 is 28.1. The van der Waals surface area contributed by atoms with Crippen molar-refractivity contribution < 1.29 is 38.1 Å². The number of fused-ring (bicyclic) bond motifs is 4. The minimum Gasteiger partial charge on any atom is -0.466 e. The van der Waals surface area contributed by atoms with Crippen molar-refractivity contribution >= 4 is 17.9 Å². The lowest BCUT2D eigenvalue weighted by Gasteiger charge is -2.32. The lowest BCUT2D eigenvalue weighted by Crippen LogP contribution is -2.41. The number of carbonyl (C=O) groups excluding carboxylic acids is 3. The van der Waals surface area contributed by atoms with Crippen molar-refractivity contribution in [1.82, 2.24) is 0 Å². The van der Waals surface area contributed by atoms with Crippen molar-refractivity contribution in [2.24, 2.45) is 5.92 Å². The van der Waals surface area contributed by atoms with Gasteiger partial charge in [0, 0.05) is 12.0 Å². The fraction of sp³-hybridized carbons (Fsp3) is 0.667. The third-order valence-electron chi connectivity index (χ3n) is 6.57. The first-order chi connectivity index (χ1) is 13.6. The largest absolute Gasteiger partial charge is 0.466 e. The standard InChI is InChI=1S/C21H26O8/c1-10-14-13(26-19(24)21(4)11(2)28-21)9-20(3)8-6-7-12(18(23)25-5)15(29-20)16(14)27-17(10)22/h7,11,13-16H,1,6,8-9H2,2-5H3/t11-,13-,14-,15-,16+,20+,21+/m1/s1. The summed E-state index contributed by atoms with van der Waals surface area (Å²) >= 11 is 0. The fourth-order valence-electron chi connectivity index (χ4n) is 4.55. The molecule has 0 saturated carbocycles. The summed E-state index contributed by atoms with van der Waals surface area (Å²) in [5.41, 5.74) is -1.15.